The van der Waals surface area contributed by atoms with Crippen molar-refractivity contribution in [3.05, 3.63) is 46.4 Å². The lowest BCUT2D eigenvalue weighted by molar-refractivity contribution is 0.775. The molecule has 1 saturated carbocycles. The van der Waals surface area contributed by atoms with Crippen molar-refractivity contribution in [2.24, 2.45) is 0 Å². The number of anilines is 1. The summed E-state index contributed by atoms with van der Waals surface area (Å²) in [5.41, 5.74) is 11.3. The maximum atomic E-state index is 5.94. The number of aromatic nitrogens is 2. The number of nitrogen functional groups attached to an aromatic ring is 1. The van der Waals surface area contributed by atoms with Crippen molar-refractivity contribution in [3.63, 3.8) is 0 Å². The molecule has 1 heterocycles. The van der Waals surface area contributed by atoms with Crippen LogP contribution in [0.4, 0.5) is 5.69 Å². The van der Waals surface area contributed by atoms with Crippen molar-refractivity contribution in [1.29, 1.82) is 0 Å². The van der Waals surface area contributed by atoms with Gasteiger partial charge in [-0.05, 0) is 61.7 Å². The lowest BCUT2D eigenvalue weighted by atomic mass is 10.1. The van der Waals surface area contributed by atoms with E-state index >= 15 is 0 Å². The van der Waals surface area contributed by atoms with Gasteiger partial charge in [0, 0.05) is 21.8 Å². The SMILES string of the molecule is Cc1cc(-c2nc3cc(Br)ccc3n2C2CC2)ccc1N. The van der Waals surface area contributed by atoms with Crippen LogP contribution in [0.1, 0.15) is 24.4 Å². The van der Waals surface area contributed by atoms with Gasteiger partial charge in [0.15, 0.2) is 0 Å². The van der Waals surface area contributed by atoms with Gasteiger partial charge in [-0.3, -0.25) is 0 Å². The van der Waals surface area contributed by atoms with E-state index in [0.29, 0.717) is 6.04 Å². The van der Waals surface area contributed by atoms with Crippen LogP contribution in [-0.2, 0) is 0 Å². The molecule has 4 heteroatoms. The zero-order valence-corrected chi connectivity index (χ0v) is 13.4. The first-order valence-corrected chi connectivity index (χ1v) is 7.97. The molecule has 0 unspecified atom stereocenters. The number of aryl methyl sites for hydroxylation is 1. The highest BCUT2D eigenvalue weighted by Gasteiger charge is 2.28. The summed E-state index contributed by atoms with van der Waals surface area (Å²) in [5, 5.41) is 0. The number of rotatable bonds is 2. The zero-order valence-electron chi connectivity index (χ0n) is 11.8. The summed E-state index contributed by atoms with van der Waals surface area (Å²) in [6.07, 6.45) is 2.48. The summed E-state index contributed by atoms with van der Waals surface area (Å²) < 4.78 is 3.45. The Hall–Kier alpha value is -1.81. The molecule has 4 rings (SSSR count). The normalized spacial score (nSPS) is 14.8. The minimum atomic E-state index is 0.587. The number of imidazole rings is 1. The second kappa shape index (κ2) is 4.60. The van der Waals surface area contributed by atoms with Crippen molar-refractivity contribution in [3.8, 4) is 11.4 Å². The Labute approximate surface area is 131 Å². The molecule has 3 aromatic rings. The molecule has 0 spiro atoms. The molecule has 1 aliphatic carbocycles. The van der Waals surface area contributed by atoms with Gasteiger partial charge in [0.05, 0.1) is 11.0 Å². The minimum absolute atomic E-state index is 0.587. The molecule has 0 aliphatic heterocycles. The maximum Gasteiger partial charge on any atom is 0.141 e. The van der Waals surface area contributed by atoms with Crippen molar-refractivity contribution in [1.82, 2.24) is 9.55 Å². The highest BCUT2D eigenvalue weighted by atomic mass is 79.9. The molecule has 0 atom stereocenters. The smallest absolute Gasteiger partial charge is 0.141 e. The molecule has 0 bridgehead atoms. The molecule has 0 radical (unpaired) electrons. The van der Waals surface area contributed by atoms with Crippen molar-refractivity contribution < 1.29 is 0 Å². The fourth-order valence-corrected chi connectivity index (χ4v) is 3.14. The fourth-order valence-electron chi connectivity index (χ4n) is 2.79. The summed E-state index contributed by atoms with van der Waals surface area (Å²) in [4.78, 5) is 4.87. The van der Waals surface area contributed by atoms with E-state index in [1.165, 1.54) is 18.4 Å². The van der Waals surface area contributed by atoms with Crippen LogP contribution in [0.15, 0.2) is 40.9 Å². The molecule has 3 nitrogen and oxygen atoms in total. The highest BCUT2D eigenvalue weighted by molar-refractivity contribution is 9.10. The van der Waals surface area contributed by atoms with Crippen LogP contribution < -0.4 is 5.73 Å². The van der Waals surface area contributed by atoms with E-state index < -0.39 is 0 Å². The van der Waals surface area contributed by atoms with Crippen LogP contribution in [-0.4, -0.2) is 9.55 Å². The van der Waals surface area contributed by atoms with Gasteiger partial charge in [-0.1, -0.05) is 15.9 Å². The van der Waals surface area contributed by atoms with E-state index in [1.54, 1.807) is 0 Å². The van der Waals surface area contributed by atoms with Gasteiger partial charge in [-0.15, -0.1) is 0 Å². The fraction of sp³-hybridized carbons (Fsp3) is 0.235. The molecule has 1 aromatic heterocycles. The third-order valence-corrected chi connectivity index (χ3v) is 4.58. The molecule has 1 fully saturated rings. The molecular weight excluding hydrogens is 326 g/mol. The first kappa shape index (κ1) is 12.9. The van der Waals surface area contributed by atoms with E-state index in [1.807, 2.05) is 13.0 Å². The molecule has 2 aromatic carbocycles. The average molecular weight is 342 g/mol. The predicted octanol–water partition coefficient (Wildman–Crippen LogP) is 4.69. The molecular formula is C17H16BrN3. The Morgan fingerprint density at radius 2 is 2.00 bits per heavy atom. The van der Waals surface area contributed by atoms with Crippen molar-refractivity contribution in [2.75, 3.05) is 5.73 Å². The van der Waals surface area contributed by atoms with Gasteiger partial charge in [0.25, 0.3) is 0 Å². The van der Waals surface area contributed by atoms with Gasteiger partial charge in [-0.2, -0.15) is 0 Å². The number of nitrogens with zero attached hydrogens (tertiary/aromatic N) is 2. The molecule has 0 amide bonds. The minimum Gasteiger partial charge on any atom is -0.399 e. The number of benzene rings is 2. The summed E-state index contributed by atoms with van der Waals surface area (Å²) in [6, 6.07) is 13.1. The Kier molecular flexibility index (Phi) is 2.82. The number of halogens is 1. The lowest BCUT2D eigenvalue weighted by Gasteiger charge is -2.09. The Morgan fingerprint density at radius 3 is 2.71 bits per heavy atom. The highest BCUT2D eigenvalue weighted by Crippen LogP contribution is 2.41. The molecule has 1 aliphatic rings. The molecule has 0 saturated heterocycles. The average Bonchev–Trinajstić information content (AvgIpc) is 3.22. The Bertz CT molecular complexity index is 847. The summed E-state index contributed by atoms with van der Waals surface area (Å²) >= 11 is 3.53. The second-order valence-electron chi connectivity index (χ2n) is 5.74. The Balaban J connectivity index is 1.98. The first-order valence-electron chi connectivity index (χ1n) is 7.17. The third-order valence-electron chi connectivity index (χ3n) is 4.09. The van der Waals surface area contributed by atoms with Crippen LogP contribution in [0.5, 0.6) is 0 Å². The monoisotopic (exact) mass is 341 g/mol. The van der Waals surface area contributed by atoms with E-state index in [0.717, 1.165) is 32.6 Å². The molecule has 2 N–H and O–H groups in total. The van der Waals surface area contributed by atoms with Gasteiger partial charge in [0.1, 0.15) is 5.82 Å². The molecule has 106 valence electrons. The number of hydrogen-bond acceptors (Lipinski definition) is 2. The summed E-state index contributed by atoms with van der Waals surface area (Å²) in [5.74, 6) is 1.05. The lowest BCUT2D eigenvalue weighted by Crippen LogP contribution is -1.98. The zero-order chi connectivity index (χ0) is 14.6. The van der Waals surface area contributed by atoms with E-state index in [9.17, 15) is 0 Å². The largest absolute Gasteiger partial charge is 0.399 e. The quantitative estimate of drug-likeness (QED) is 0.687. The van der Waals surface area contributed by atoms with Crippen LogP contribution in [0.2, 0.25) is 0 Å². The van der Waals surface area contributed by atoms with Crippen LogP contribution in [0.3, 0.4) is 0 Å². The summed E-state index contributed by atoms with van der Waals surface area (Å²) in [7, 11) is 0. The van der Waals surface area contributed by atoms with E-state index in [-0.39, 0.29) is 0 Å². The first-order chi connectivity index (χ1) is 10.1. The Morgan fingerprint density at radius 1 is 1.19 bits per heavy atom. The topological polar surface area (TPSA) is 43.8 Å². The summed E-state index contributed by atoms with van der Waals surface area (Å²) in [6.45, 7) is 2.04. The van der Waals surface area contributed by atoms with Crippen LogP contribution in [0, 0.1) is 6.92 Å². The molecule has 21 heavy (non-hydrogen) atoms. The van der Waals surface area contributed by atoms with Crippen molar-refractivity contribution >= 4 is 32.7 Å². The van der Waals surface area contributed by atoms with Crippen LogP contribution in [0.25, 0.3) is 22.4 Å². The maximum absolute atomic E-state index is 5.94. The second-order valence-corrected chi connectivity index (χ2v) is 6.66. The van der Waals surface area contributed by atoms with Crippen LogP contribution >= 0.6 is 15.9 Å². The predicted molar refractivity (Wildman–Crippen MR) is 90.3 cm³/mol. The van der Waals surface area contributed by atoms with Crippen molar-refractivity contribution in [2.45, 2.75) is 25.8 Å². The standard InChI is InChI=1S/C17H16BrN3/c1-10-8-11(2-6-14(10)19)17-20-15-9-12(18)3-7-16(15)21(17)13-4-5-13/h2-3,6-9,13H,4-5,19H2,1H3. The van der Waals surface area contributed by atoms with E-state index in [4.69, 9.17) is 10.7 Å². The van der Waals surface area contributed by atoms with Gasteiger partial charge in [0.2, 0.25) is 0 Å². The van der Waals surface area contributed by atoms with Gasteiger partial charge >= 0.3 is 0 Å². The number of fused-ring (bicyclic) bond motifs is 1. The van der Waals surface area contributed by atoms with E-state index in [2.05, 4.69) is 50.8 Å². The van der Waals surface area contributed by atoms with Gasteiger partial charge < -0.3 is 10.3 Å². The number of nitrogens with two attached hydrogens (primary N) is 1. The number of hydrogen-bond donors (Lipinski definition) is 1. The third kappa shape index (κ3) is 2.14. The van der Waals surface area contributed by atoms with Gasteiger partial charge in [-0.25, -0.2) is 4.98 Å².